The number of anilines is 1. The second-order valence-corrected chi connectivity index (χ2v) is 6.72. The summed E-state index contributed by atoms with van der Waals surface area (Å²) in [5.41, 5.74) is 3.10. The number of aromatic nitrogens is 1. The van der Waals surface area contributed by atoms with Gasteiger partial charge in [-0.15, -0.1) is 0 Å². The molecule has 26 heavy (non-hydrogen) atoms. The fourth-order valence-electron chi connectivity index (χ4n) is 3.55. The molecule has 1 fully saturated rings. The highest BCUT2D eigenvalue weighted by Gasteiger charge is 2.27. The molecule has 3 heterocycles. The summed E-state index contributed by atoms with van der Waals surface area (Å²) in [7, 11) is 0. The summed E-state index contributed by atoms with van der Waals surface area (Å²) in [6.07, 6.45) is 1.34. The molecule has 2 N–H and O–H groups in total. The van der Waals surface area contributed by atoms with Crippen LogP contribution in [0.5, 0.6) is 0 Å². The van der Waals surface area contributed by atoms with Crippen molar-refractivity contribution < 1.29 is 14.7 Å². The van der Waals surface area contributed by atoms with Crippen LogP contribution in [-0.2, 0) is 13.1 Å². The predicted molar refractivity (Wildman–Crippen MR) is 96.0 cm³/mol. The van der Waals surface area contributed by atoms with E-state index >= 15 is 0 Å². The van der Waals surface area contributed by atoms with E-state index in [0.717, 1.165) is 18.9 Å². The summed E-state index contributed by atoms with van der Waals surface area (Å²) >= 11 is 0. The molecule has 2 aliphatic heterocycles. The van der Waals surface area contributed by atoms with Gasteiger partial charge in [0.2, 0.25) is 0 Å². The highest BCUT2D eigenvalue weighted by molar-refractivity contribution is 5.95. The van der Waals surface area contributed by atoms with Gasteiger partial charge in [-0.1, -0.05) is 24.3 Å². The Morgan fingerprint density at radius 1 is 1.15 bits per heavy atom. The molecule has 0 unspecified atom stereocenters. The van der Waals surface area contributed by atoms with E-state index in [-0.39, 0.29) is 11.9 Å². The number of hydrogen-bond acceptors (Lipinski definition) is 4. The number of carboxylic acid groups (broad SMARTS) is 1. The van der Waals surface area contributed by atoms with E-state index in [1.165, 1.54) is 16.0 Å². The van der Waals surface area contributed by atoms with Crippen LogP contribution in [0.25, 0.3) is 0 Å². The first-order chi connectivity index (χ1) is 12.6. The largest absolute Gasteiger partial charge is 0.465 e. The predicted octanol–water partition coefficient (Wildman–Crippen LogP) is 2.08. The number of rotatable bonds is 3. The zero-order chi connectivity index (χ0) is 18.1. The molecule has 7 heteroatoms. The maximum Gasteiger partial charge on any atom is 0.407 e. The number of nitrogens with zero attached hydrogens (tertiary/aromatic N) is 3. The smallest absolute Gasteiger partial charge is 0.407 e. The molecule has 0 bridgehead atoms. The van der Waals surface area contributed by atoms with Crippen LogP contribution >= 0.6 is 0 Å². The minimum atomic E-state index is -0.943. The van der Waals surface area contributed by atoms with Crippen LogP contribution in [0.3, 0.4) is 0 Å². The van der Waals surface area contributed by atoms with Crippen LogP contribution in [0.15, 0.2) is 42.6 Å². The third kappa shape index (κ3) is 3.20. The normalized spacial score (nSPS) is 18.7. The quantitative estimate of drug-likeness (QED) is 0.883. The van der Waals surface area contributed by atoms with Crippen molar-refractivity contribution in [3.63, 3.8) is 0 Å². The highest BCUT2D eigenvalue weighted by atomic mass is 16.4. The van der Waals surface area contributed by atoms with Crippen LogP contribution in [0.1, 0.15) is 27.9 Å². The lowest BCUT2D eigenvalue weighted by Gasteiger charge is -2.18. The summed E-state index contributed by atoms with van der Waals surface area (Å²) in [6, 6.07) is 11.6. The third-order valence-corrected chi connectivity index (χ3v) is 4.97. The van der Waals surface area contributed by atoms with Crippen LogP contribution in [-0.4, -0.2) is 46.1 Å². The molecule has 4 rings (SSSR count). The van der Waals surface area contributed by atoms with Crippen LogP contribution in [0, 0.1) is 0 Å². The van der Waals surface area contributed by atoms with Gasteiger partial charge in [-0.3, -0.25) is 4.79 Å². The number of nitrogens with one attached hydrogen (secondary N) is 1. The van der Waals surface area contributed by atoms with Crippen molar-refractivity contribution in [2.24, 2.45) is 0 Å². The maximum absolute atomic E-state index is 12.5. The van der Waals surface area contributed by atoms with Crippen molar-refractivity contribution in [1.82, 2.24) is 15.2 Å². The average molecular weight is 352 g/mol. The average Bonchev–Trinajstić information content (AvgIpc) is 3.28. The first-order valence-corrected chi connectivity index (χ1v) is 8.66. The van der Waals surface area contributed by atoms with E-state index in [2.05, 4.69) is 27.3 Å². The molecular formula is C19H20N4O3. The minimum Gasteiger partial charge on any atom is -0.465 e. The molecule has 0 radical (unpaired) electrons. The van der Waals surface area contributed by atoms with Gasteiger partial charge in [-0.05, 0) is 29.7 Å². The molecule has 0 spiro atoms. The number of benzene rings is 1. The lowest BCUT2D eigenvalue weighted by Crippen LogP contribution is -2.38. The summed E-state index contributed by atoms with van der Waals surface area (Å²) in [4.78, 5) is 31.4. The van der Waals surface area contributed by atoms with E-state index < -0.39 is 6.09 Å². The first kappa shape index (κ1) is 16.4. The number of carbonyl (C=O) groups excluding carboxylic acids is 1. The highest BCUT2D eigenvalue weighted by Crippen LogP contribution is 2.27. The molecule has 2 aromatic rings. The number of pyridine rings is 1. The van der Waals surface area contributed by atoms with E-state index in [0.29, 0.717) is 25.1 Å². The molecule has 134 valence electrons. The number of carbonyl (C=O) groups is 2. The summed E-state index contributed by atoms with van der Waals surface area (Å²) in [6.45, 7) is 2.35. The Bertz CT molecular complexity index is 829. The molecule has 1 aromatic heterocycles. The topological polar surface area (TPSA) is 85.8 Å². The number of fused-ring (bicyclic) bond motifs is 1. The Balaban J connectivity index is 1.43. The Hall–Kier alpha value is -3.09. The molecule has 1 saturated heterocycles. The van der Waals surface area contributed by atoms with E-state index in [9.17, 15) is 9.59 Å². The fraction of sp³-hybridized carbons (Fsp3) is 0.316. The van der Waals surface area contributed by atoms with Crippen LogP contribution in [0.2, 0.25) is 0 Å². The van der Waals surface area contributed by atoms with Crippen molar-refractivity contribution in [3.05, 3.63) is 59.3 Å². The van der Waals surface area contributed by atoms with Gasteiger partial charge in [0.1, 0.15) is 5.82 Å². The first-order valence-electron chi connectivity index (χ1n) is 8.66. The summed E-state index contributed by atoms with van der Waals surface area (Å²) < 4.78 is 0. The summed E-state index contributed by atoms with van der Waals surface area (Å²) in [5.74, 6) is 0.579. The lowest BCUT2D eigenvalue weighted by atomic mass is 10.1. The lowest BCUT2D eigenvalue weighted by molar-refractivity contribution is 0.0935. The summed E-state index contributed by atoms with van der Waals surface area (Å²) in [5, 5.41) is 11.9. The van der Waals surface area contributed by atoms with Crippen molar-refractivity contribution in [2.75, 3.05) is 18.0 Å². The van der Waals surface area contributed by atoms with Gasteiger partial charge in [0, 0.05) is 44.0 Å². The van der Waals surface area contributed by atoms with Crippen molar-refractivity contribution >= 4 is 17.8 Å². The zero-order valence-corrected chi connectivity index (χ0v) is 14.3. The molecule has 0 saturated carbocycles. The fourth-order valence-corrected chi connectivity index (χ4v) is 3.55. The maximum atomic E-state index is 12.5. The monoisotopic (exact) mass is 352 g/mol. The molecule has 2 amide bonds. The molecule has 2 aliphatic rings. The molecule has 1 atom stereocenters. The Labute approximate surface area is 151 Å². The SMILES string of the molecule is O=C(N[C@@H]1CCN(C(=O)O)C1)c1ccnc(N2Cc3ccccc3C2)c1. The molecule has 1 aromatic carbocycles. The Kier molecular flexibility index (Phi) is 4.20. The van der Waals surface area contributed by atoms with Gasteiger partial charge in [0.15, 0.2) is 0 Å². The van der Waals surface area contributed by atoms with E-state index in [1.807, 2.05) is 12.1 Å². The molecule has 7 nitrogen and oxygen atoms in total. The van der Waals surface area contributed by atoms with E-state index in [1.54, 1.807) is 18.3 Å². The van der Waals surface area contributed by atoms with Gasteiger partial charge < -0.3 is 20.2 Å². The third-order valence-electron chi connectivity index (χ3n) is 4.97. The molecule has 0 aliphatic carbocycles. The standard InChI is InChI=1S/C19H20N4O3/c24-18(21-16-6-8-22(12-16)19(25)26)13-5-7-20-17(9-13)23-10-14-3-1-2-4-15(14)11-23/h1-5,7,9,16H,6,8,10-12H2,(H,21,24)(H,25,26)/t16-/m1/s1. The Morgan fingerprint density at radius 3 is 2.54 bits per heavy atom. The number of likely N-dealkylation sites (tertiary alicyclic amines) is 1. The van der Waals surface area contributed by atoms with Crippen molar-refractivity contribution in [2.45, 2.75) is 25.6 Å². The minimum absolute atomic E-state index is 0.147. The second kappa shape index (κ2) is 6.67. The Morgan fingerprint density at radius 2 is 1.88 bits per heavy atom. The van der Waals surface area contributed by atoms with Gasteiger partial charge in [-0.25, -0.2) is 9.78 Å². The van der Waals surface area contributed by atoms with E-state index in [4.69, 9.17) is 5.11 Å². The zero-order valence-electron chi connectivity index (χ0n) is 14.3. The van der Waals surface area contributed by atoms with Crippen molar-refractivity contribution in [3.8, 4) is 0 Å². The second-order valence-electron chi connectivity index (χ2n) is 6.72. The van der Waals surface area contributed by atoms with Gasteiger partial charge in [-0.2, -0.15) is 0 Å². The van der Waals surface area contributed by atoms with Gasteiger partial charge in [0.05, 0.1) is 0 Å². The number of amides is 2. The van der Waals surface area contributed by atoms with Crippen LogP contribution < -0.4 is 10.2 Å². The van der Waals surface area contributed by atoms with Crippen LogP contribution in [0.4, 0.5) is 10.6 Å². The van der Waals surface area contributed by atoms with Crippen molar-refractivity contribution in [1.29, 1.82) is 0 Å². The van der Waals surface area contributed by atoms with Gasteiger partial charge >= 0.3 is 6.09 Å². The van der Waals surface area contributed by atoms with Gasteiger partial charge in [0.25, 0.3) is 5.91 Å². The molecular weight excluding hydrogens is 332 g/mol. The number of hydrogen-bond donors (Lipinski definition) is 2.